The van der Waals surface area contributed by atoms with Crippen LogP contribution in [0.3, 0.4) is 0 Å². The maximum atomic E-state index is 12.0. The number of nitrogens with zero attached hydrogens (tertiary/aromatic N) is 2. The van der Waals surface area contributed by atoms with Crippen molar-refractivity contribution >= 4 is 0 Å². The molecule has 120 valence electrons. The lowest BCUT2D eigenvalue weighted by atomic mass is 9.80. The van der Waals surface area contributed by atoms with Crippen molar-refractivity contribution in [2.75, 3.05) is 6.54 Å². The molecule has 0 saturated heterocycles. The van der Waals surface area contributed by atoms with Gasteiger partial charge in [0.05, 0.1) is 13.1 Å². The molecule has 1 aliphatic carbocycles. The van der Waals surface area contributed by atoms with Gasteiger partial charge >= 0.3 is 6.18 Å². The van der Waals surface area contributed by atoms with Gasteiger partial charge in [-0.15, -0.1) is 0 Å². The first-order chi connectivity index (χ1) is 9.98. The van der Waals surface area contributed by atoms with Gasteiger partial charge in [-0.3, -0.25) is 0 Å². The molecule has 0 radical (unpaired) electrons. The van der Waals surface area contributed by atoms with Gasteiger partial charge in [0.1, 0.15) is 0 Å². The molecule has 0 atom stereocenters. The van der Waals surface area contributed by atoms with E-state index in [-0.39, 0.29) is 12.4 Å². The summed E-state index contributed by atoms with van der Waals surface area (Å²) in [6.45, 7) is 1.11. The van der Waals surface area contributed by atoms with Crippen molar-refractivity contribution in [3.8, 4) is 0 Å². The highest BCUT2D eigenvalue weighted by Crippen LogP contribution is 2.36. The Balaban J connectivity index is 1.78. The normalized spacial score (nSPS) is 23.4. The van der Waals surface area contributed by atoms with E-state index < -0.39 is 12.7 Å². The van der Waals surface area contributed by atoms with E-state index in [2.05, 4.69) is 22.4 Å². The van der Waals surface area contributed by atoms with Gasteiger partial charge in [0.15, 0.2) is 5.82 Å². The molecule has 0 spiro atoms. The van der Waals surface area contributed by atoms with E-state index in [0.29, 0.717) is 11.7 Å². The minimum atomic E-state index is -4.22. The Bertz CT molecular complexity index is 425. The molecule has 4 nitrogen and oxygen atoms in total. The van der Waals surface area contributed by atoms with Crippen LogP contribution >= 0.6 is 0 Å². The standard InChI is InChI=1S/C14H22F3N3O/c1-2-3-10-4-6-11(7-5-10)13-19-12(21-20-13)8-18-9-14(15,16)17/h10-11,18H,2-9H2,1H3. The minimum absolute atomic E-state index is 0.0440. The summed E-state index contributed by atoms with van der Waals surface area (Å²) in [6, 6.07) is 0. The molecule has 1 aliphatic rings. The zero-order chi connectivity index (χ0) is 15.3. The van der Waals surface area contributed by atoms with Crippen LogP contribution in [-0.4, -0.2) is 22.9 Å². The first-order valence-corrected chi connectivity index (χ1v) is 7.58. The number of alkyl halides is 3. The van der Waals surface area contributed by atoms with Gasteiger partial charge < -0.3 is 9.84 Å². The third-order valence-electron chi connectivity index (χ3n) is 3.99. The molecule has 0 aromatic carbocycles. The molecule has 2 rings (SSSR count). The number of hydrogen-bond acceptors (Lipinski definition) is 4. The lowest BCUT2D eigenvalue weighted by Crippen LogP contribution is -2.28. The zero-order valence-corrected chi connectivity index (χ0v) is 12.2. The Morgan fingerprint density at radius 3 is 2.57 bits per heavy atom. The highest BCUT2D eigenvalue weighted by atomic mass is 19.4. The lowest BCUT2D eigenvalue weighted by Gasteiger charge is -2.26. The van der Waals surface area contributed by atoms with Crippen molar-refractivity contribution in [1.29, 1.82) is 0 Å². The van der Waals surface area contributed by atoms with E-state index in [0.717, 1.165) is 18.8 Å². The molecular weight excluding hydrogens is 283 g/mol. The van der Waals surface area contributed by atoms with E-state index in [9.17, 15) is 13.2 Å². The highest BCUT2D eigenvalue weighted by molar-refractivity contribution is 4.97. The smallest absolute Gasteiger partial charge is 0.338 e. The van der Waals surface area contributed by atoms with Crippen LogP contribution in [0.15, 0.2) is 4.52 Å². The summed E-state index contributed by atoms with van der Waals surface area (Å²) in [5.74, 6) is 1.96. The number of aromatic nitrogens is 2. The zero-order valence-electron chi connectivity index (χ0n) is 12.2. The Labute approximate surface area is 122 Å². The monoisotopic (exact) mass is 305 g/mol. The SMILES string of the molecule is CCCC1CCC(c2noc(CNCC(F)(F)F)n2)CC1. The van der Waals surface area contributed by atoms with Gasteiger partial charge in [0.2, 0.25) is 5.89 Å². The van der Waals surface area contributed by atoms with Crippen molar-refractivity contribution in [3.63, 3.8) is 0 Å². The molecule has 1 aromatic heterocycles. The third kappa shape index (κ3) is 5.30. The Morgan fingerprint density at radius 1 is 1.24 bits per heavy atom. The summed E-state index contributed by atoms with van der Waals surface area (Å²) in [5, 5.41) is 6.18. The first-order valence-electron chi connectivity index (χ1n) is 7.58. The second-order valence-electron chi connectivity index (χ2n) is 5.77. The van der Waals surface area contributed by atoms with Crippen LogP contribution < -0.4 is 5.32 Å². The van der Waals surface area contributed by atoms with Gasteiger partial charge in [0.25, 0.3) is 0 Å². The molecule has 1 saturated carbocycles. The number of nitrogens with one attached hydrogen (secondary N) is 1. The second-order valence-corrected chi connectivity index (χ2v) is 5.77. The molecule has 1 aromatic rings. The number of hydrogen-bond donors (Lipinski definition) is 1. The van der Waals surface area contributed by atoms with E-state index in [4.69, 9.17) is 4.52 Å². The summed E-state index contributed by atoms with van der Waals surface area (Å²) in [6.07, 6.45) is 2.70. The van der Waals surface area contributed by atoms with Crippen molar-refractivity contribution in [3.05, 3.63) is 11.7 Å². The van der Waals surface area contributed by atoms with Crippen molar-refractivity contribution < 1.29 is 17.7 Å². The Hall–Kier alpha value is -1.11. The summed E-state index contributed by atoms with van der Waals surface area (Å²) in [4.78, 5) is 4.22. The predicted octanol–water partition coefficient (Wildman–Crippen LogP) is 3.80. The van der Waals surface area contributed by atoms with Crippen LogP contribution in [0.4, 0.5) is 13.2 Å². The fraction of sp³-hybridized carbons (Fsp3) is 0.857. The van der Waals surface area contributed by atoms with E-state index in [1.165, 1.54) is 25.7 Å². The van der Waals surface area contributed by atoms with Crippen LogP contribution in [0.5, 0.6) is 0 Å². The van der Waals surface area contributed by atoms with E-state index in [1.54, 1.807) is 0 Å². The molecule has 1 N–H and O–H groups in total. The number of rotatable bonds is 6. The Kier molecular flexibility index (Phi) is 5.61. The van der Waals surface area contributed by atoms with Gasteiger partial charge in [-0.2, -0.15) is 18.2 Å². The average Bonchev–Trinajstić information content (AvgIpc) is 2.87. The summed E-state index contributed by atoms with van der Waals surface area (Å²) >= 11 is 0. The molecule has 0 amide bonds. The summed E-state index contributed by atoms with van der Waals surface area (Å²) < 4.78 is 41.1. The second kappa shape index (κ2) is 7.24. The third-order valence-corrected chi connectivity index (χ3v) is 3.99. The molecular formula is C14H22F3N3O. The van der Waals surface area contributed by atoms with Crippen molar-refractivity contribution in [1.82, 2.24) is 15.5 Å². The largest absolute Gasteiger partial charge is 0.401 e. The van der Waals surface area contributed by atoms with Crippen LogP contribution in [0.25, 0.3) is 0 Å². The molecule has 1 fully saturated rings. The molecule has 1 heterocycles. The fourth-order valence-corrected chi connectivity index (χ4v) is 2.93. The molecule has 0 aliphatic heterocycles. The highest BCUT2D eigenvalue weighted by Gasteiger charge is 2.27. The quantitative estimate of drug-likeness (QED) is 0.868. The van der Waals surface area contributed by atoms with Crippen molar-refractivity contribution in [2.24, 2.45) is 5.92 Å². The lowest BCUT2D eigenvalue weighted by molar-refractivity contribution is -0.125. The number of halogens is 3. The van der Waals surface area contributed by atoms with Crippen molar-refractivity contribution in [2.45, 2.75) is 64.1 Å². The molecule has 0 bridgehead atoms. The summed E-state index contributed by atoms with van der Waals surface area (Å²) in [5.41, 5.74) is 0. The van der Waals surface area contributed by atoms with E-state index in [1.807, 2.05) is 0 Å². The minimum Gasteiger partial charge on any atom is -0.338 e. The predicted molar refractivity (Wildman–Crippen MR) is 71.7 cm³/mol. The molecule has 0 unspecified atom stereocenters. The maximum Gasteiger partial charge on any atom is 0.401 e. The van der Waals surface area contributed by atoms with Crippen LogP contribution in [-0.2, 0) is 6.54 Å². The van der Waals surface area contributed by atoms with Gasteiger partial charge in [-0.25, -0.2) is 0 Å². The van der Waals surface area contributed by atoms with Gasteiger partial charge in [-0.05, 0) is 31.6 Å². The topological polar surface area (TPSA) is 51.0 Å². The molecule has 21 heavy (non-hydrogen) atoms. The molecule has 7 heteroatoms. The summed E-state index contributed by atoms with van der Waals surface area (Å²) in [7, 11) is 0. The van der Waals surface area contributed by atoms with Crippen LogP contribution in [0.2, 0.25) is 0 Å². The van der Waals surface area contributed by atoms with Crippen LogP contribution in [0.1, 0.15) is 63.1 Å². The maximum absolute atomic E-state index is 12.0. The van der Waals surface area contributed by atoms with Crippen LogP contribution in [0, 0.1) is 5.92 Å². The average molecular weight is 305 g/mol. The van der Waals surface area contributed by atoms with E-state index >= 15 is 0 Å². The van der Waals surface area contributed by atoms with Gasteiger partial charge in [-0.1, -0.05) is 24.9 Å². The fourth-order valence-electron chi connectivity index (χ4n) is 2.93. The Morgan fingerprint density at radius 2 is 1.95 bits per heavy atom. The first kappa shape index (κ1) is 16.3. The van der Waals surface area contributed by atoms with Gasteiger partial charge in [0, 0.05) is 5.92 Å².